The van der Waals surface area contributed by atoms with Crippen molar-refractivity contribution in [3.05, 3.63) is 41.7 Å². The first-order valence-electron chi connectivity index (χ1n) is 7.64. The number of carbonyl (C=O) groups excluding carboxylic acids is 1. The monoisotopic (exact) mass is 335 g/mol. The molecular formula is C16H22ClN5O. The zero-order valence-electron chi connectivity index (χ0n) is 13.3. The normalized spacial score (nSPS) is 20.6. The molecule has 1 aromatic carbocycles. The fourth-order valence-corrected chi connectivity index (χ4v) is 2.69. The molecule has 3 rings (SSSR count). The van der Waals surface area contributed by atoms with Crippen LogP contribution in [-0.2, 0) is 0 Å². The van der Waals surface area contributed by atoms with Crippen molar-refractivity contribution in [1.82, 2.24) is 25.6 Å². The van der Waals surface area contributed by atoms with Gasteiger partial charge in [0.2, 0.25) is 0 Å². The zero-order valence-corrected chi connectivity index (χ0v) is 14.1. The molecule has 23 heavy (non-hydrogen) atoms. The van der Waals surface area contributed by atoms with Crippen LogP contribution in [0.4, 0.5) is 0 Å². The van der Waals surface area contributed by atoms with E-state index in [9.17, 15) is 4.79 Å². The van der Waals surface area contributed by atoms with E-state index in [4.69, 9.17) is 0 Å². The molecule has 0 saturated carbocycles. The molecule has 0 radical (unpaired) electrons. The number of amides is 1. The number of nitrogens with zero attached hydrogens (tertiary/aromatic N) is 3. The van der Waals surface area contributed by atoms with Crippen molar-refractivity contribution in [2.75, 3.05) is 13.1 Å². The summed E-state index contributed by atoms with van der Waals surface area (Å²) in [5.41, 5.74) is 2.39. The van der Waals surface area contributed by atoms with Gasteiger partial charge >= 0.3 is 0 Å². The summed E-state index contributed by atoms with van der Waals surface area (Å²) in [7, 11) is 0. The van der Waals surface area contributed by atoms with Crippen LogP contribution < -0.4 is 10.6 Å². The molecule has 2 atom stereocenters. The van der Waals surface area contributed by atoms with Gasteiger partial charge < -0.3 is 10.6 Å². The van der Waals surface area contributed by atoms with Gasteiger partial charge in [0, 0.05) is 12.6 Å². The first-order valence-corrected chi connectivity index (χ1v) is 7.64. The minimum absolute atomic E-state index is 0. The maximum atomic E-state index is 12.3. The Kier molecular flexibility index (Phi) is 5.74. The van der Waals surface area contributed by atoms with E-state index in [1.165, 1.54) is 0 Å². The van der Waals surface area contributed by atoms with Crippen molar-refractivity contribution in [3.8, 4) is 5.69 Å². The smallest absolute Gasteiger partial charge is 0.273 e. The van der Waals surface area contributed by atoms with Crippen molar-refractivity contribution in [2.45, 2.75) is 26.3 Å². The first-order chi connectivity index (χ1) is 10.6. The largest absolute Gasteiger partial charge is 0.346 e. The third kappa shape index (κ3) is 4.09. The number of benzene rings is 1. The predicted molar refractivity (Wildman–Crippen MR) is 91.2 cm³/mol. The summed E-state index contributed by atoms with van der Waals surface area (Å²) >= 11 is 0. The van der Waals surface area contributed by atoms with Gasteiger partial charge in [-0.25, -0.2) is 4.68 Å². The van der Waals surface area contributed by atoms with Crippen molar-refractivity contribution in [1.29, 1.82) is 0 Å². The molecule has 124 valence electrons. The van der Waals surface area contributed by atoms with Crippen LogP contribution in [0.1, 0.15) is 29.4 Å². The highest BCUT2D eigenvalue weighted by molar-refractivity contribution is 5.92. The Labute approximate surface area is 142 Å². The fraction of sp³-hybridized carbons (Fsp3) is 0.438. The third-order valence-electron chi connectivity index (χ3n) is 4.14. The quantitative estimate of drug-likeness (QED) is 0.896. The summed E-state index contributed by atoms with van der Waals surface area (Å²) in [6.45, 7) is 6.00. The van der Waals surface area contributed by atoms with Gasteiger partial charge in [0.15, 0.2) is 5.69 Å². The molecule has 0 bridgehead atoms. The molecule has 0 aliphatic carbocycles. The zero-order chi connectivity index (χ0) is 15.5. The maximum Gasteiger partial charge on any atom is 0.273 e. The fourth-order valence-electron chi connectivity index (χ4n) is 2.69. The third-order valence-corrected chi connectivity index (χ3v) is 4.14. The SMILES string of the molecule is Cc1cccc(-n2cc(C(=O)NC3CNCCC3C)nn2)c1.Cl. The molecule has 1 amide bonds. The number of piperidine rings is 1. The van der Waals surface area contributed by atoms with Crippen molar-refractivity contribution >= 4 is 18.3 Å². The van der Waals surface area contributed by atoms with E-state index in [0.29, 0.717) is 11.6 Å². The lowest BCUT2D eigenvalue weighted by atomic mass is 9.95. The Morgan fingerprint density at radius 3 is 3.00 bits per heavy atom. The van der Waals surface area contributed by atoms with E-state index in [1.54, 1.807) is 10.9 Å². The number of aromatic nitrogens is 3. The second kappa shape index (κ2) is 7.57. The first kappa shape index (κ1) is 17.4. The highest BCUT2D eigenvalue weighted by atomic mass is 35.5. The molecule has 6 nitrogen and oxygen atoms in total. The topological polar surface area (TPSA) is 71.8 Å². The highest BCUT2D eigenvalue weighted by Gasteiger charge is 2.24. The Morgan fingerprint density at radius 2 is 2.26 bits per heavy atom. The van der Waals surface area contributed by atoms with Crippen LogP contribution in [0.5, 0.6) is 0 Å². The van der Waals surface area contributed by atoms with E-state index < -0.39 is 0 Å². The average Bonchev–Trinajstić information content (AvgIpc) is 2.99. The minimum atomic E-state index is -0.167. The maximum absolute atomic E-state index is 12.3. The lowest BCUT2D eigenvalue weighted by molar-refractivity contribution is 0.0910. The number of nitrogens with one attached hydrogen (secondary N) is 2. The Morgan fingerprint density at radius 1 is 1.43 bits per heavy atom. The number of aryl methyl sites for hydroxylation is 1. The number of hydrogen-bond acceptors (Lipinski definition) is 4. The van der Waals surface area contributed by atoms with E-state index in [1.807, 2.05) is 31.2 Å². The molecule has 2 N–H and O–H groups in total. The van der Waals surface area contributed by atoms with Gasteiger partial charge in [0.25, 0.3) is 5.91 Å². The van der Waals surface area contributed by atoms with Crippen LogP contribution in [0.25, 0.3) is 5.69 Å². The Balaban J connectivity index is 0.00000192. The van der Waals surface area contributed by atoms with Crippen LogP contribution in [-0.4, -0.2) is 40.0 Å². The van der Waals surface area contributed by atoms with Crippen LogP contribution in [0.3, 0.4) is 0 Å². The average molecular weight is 336 g/mol. The molecule has 1 saturated heterocycles. The molecule has 1 aliphatic rings. The summed E-state index contributed by atoms with van der Waals surface area (Å²) in [6, 6.07) is 8.07. The highest BCUT2D eigenvalue weighted by Crippen LogP contribution is 2.12. The lowest BCUT2D eigenvalue weighted by Gasteiger charge is -2.29. The number of carbonyl (C=O) groups is 1. The molecule has 1 fully saturated rings. The second-order valence-electron chi connectivity index (χ2n) is 5.94. The van der Waals surface area contributed by atoms with Gasteiger partial charge in [-0.3, -0.25) is 4.79 Å². The molecule has 2 aromatic rings. The number of hydrogen-bond donors (Lipinski definition) is 2. The van der Waals surface area contributed by atoms with Gasteiger partial charge in [-0.2, -0.15) is 0 Å². The van der Waals surface area contributed by atoms with Crippen molar-refractivity contribution < 1.29 is 4.79 Å². The van der Waals surface area contributed by atoms with E-state index in [2.05, 4.69) is 27.9 Å². The molecule has 2 unspecified atom stereocenters. The van der Waals surface area contributed by atoms with Crippen LogP contribution in [0.15, 0.2) is 30.5 Å². The molecule has 1 aromatic heterocycles. The Bertz CT molecular complexity index is 672. The molecule has 7 heteroatoms. The van der Waals surface area contributed by atoms with Gasteiger partial charge in [-0.1, -0.05) is 24.3 Å². The van der Waals surface area contributed by atoms with Gasteiger partial charge in [-0.15, -0.1) is 17.5 Å². The minimum Gasteiger partial charge on any atom is -0.346 e. The summed E-state index contributed by atoms with van der Waals surface area (Å²) in [4.78, 5) is 12.3. The lowest BCUT2D eigenvalue weighted by Crippen LogP contribution is -2.50. The molecular weight excluding hydrogens is 314 g/mol. The van der Waals surface area contributed by atoms with Crippen molar-refractivity contribution in [3.63, 3.8) is 0 Å². The number of halogens is 1. The Hall–Kier alpha value is -1.92. The van der Waals surface area contributed by atoms with Gasteiger partial charge in [0.1, 0.15) is 0 Å². The van der Waals surface area contributed by atoms with E-state index >= 15 is 0 Å². The molecule has 1 aliphatic heterocycles. The van der Waals surface area contributed by atoms with E-state index in [0.717, 1.165) is 30.8 Å². The second-order valence-corrected chi connectivity index (χ2v) is 5.94. The van der Waals surface area contributed by atoms with Crippen LogP contribution in [0.2, 0.25) is 0 Å². The van der Waals surface area contributed by atoms with Crippen LogP contribution in [0, 0.1) is 12.8 Å². The summed E-state index contributed by atoms with van der Waals surface area (Å²) in [5, 5.41) is 14.4. The standard InChI is InChI=1S/C16H21N5O.ClH/c1-11-4-3-5-13(8-11)21-10-15(19-20-21)16(22)18-14-9-17-7-6-12(14)2;/h3-5,8,10,12,14,17H,6-7,9H2,1-2H3,(H,18,22);1H. The van der Waals surface area contributed by atoms with Crippen LogP contribution >= 0.6 is 12.4 Å². The number of rotatable bonds is 3. The summed E-state index contributed by atoms with van der Waals surface area (Å²) in [5.74, 6) is 0.302. The van der Waals surface area contributed by atoms with Crippen molar-refractivity contribution in [2.24, 2.45) is 5.92 Å². The summed E-state index contributed by atoms with van der Waals surface area (Å²) in [6.07, 6.45) is 2.74. The van der Waals surface area contributed by atoms with Gasteiger partial charge in [0.05, 0.1) is 11.9 Å². The van der Waals surface area contributed by atoms with Gasteiger partial charge in [-0.05, 0) is 43.5 Å². The summed E-state index contributed by atoms with van der Waals surface area (Å²) < 4.78 is 1.63. The molecule has 2 heterocycles. The van der Waals surface area contributed by atoms with E-state index in [-0.39, 0.29) is 24.4 Å². The molecule has 0 spiro atoms. The predicted octanol–water partition coefficient (Wildman–Crippen LogP) is 1.73.